The van der Waals surface area contributed by atoms with Crippen molar-refractivity contribution >= 4 is 17.4 Å². The molecule has 0 radical (unpaired) electrons. The number of fused-ring (bicyclic) bond motifs is 1. The van der Waals surface area contributed by atoms with Crippen molar-refractivity contribution in [3.05, 3.63) is 76.9 Å². The van der Waals surface area contributed by atoms with Crippen molar-refractivity contribution < 1.29 is 9.90 Å². The van der Waals surface area contributed by atoms with Crippen LogP contribution in [-0.2, 0) is 4.79 Å². The fraction of sp³-hybridized carbons (Fsp3) is 0.360. The Morgan fingerprint density at radius 1 is 1.19 bits per heavy atom. The standard InChI is InChI=1S/C25H28ClN3O2/c1-3-4-10-21-16-28(24(17(2)30)19-8-6-5-7-9-19)25(31)23-15-22(27-29(21)23)18-11-13-20(26)14-12-18/h5-9,11-15,21,24-25,31H,3-4,10,16H2,1-2H3. The van der Waals surface area contributed by atoms with Crippen molar-refractivity contribution in [2.75, 3.05) is 6.54 Å². The molecule has 3 atom stereocenters. The molecular weight excluding hydrogens is 410 g/mol. The van der Waals surface area contributed by atoms with Crippen LogP contribution in [0.25, 0.3) is 11.3 Å². The summed E-state index contributed by atoms with van der Waals surface area (Å²) in [5.74, 6) is 0.0189. The molecule has 0 spiro atoms. The second-order valence-electron chi connectivity index (χ2n) is 8.20. The number of halogens is 1. The summed E-state index contributed by atoms with van der Waals surface area (Å²) in [6.45, 7) is 4.33. The van der Waals surface area contributed by atoms with E-state index in [9.17, 15) is 9.90 Å². The Balaban J connectivity index is 1.75. The highest BCUT2D eigenvalue weighted by Gasteiger charge is 2.39. The molecular formula is C25H28ClN3O2. The molecule has 0 amide bonds. The van der Waals surface area contributed by atoms with Gasteiger partial charge in [0.1, 0.15) is 0 Å². The number of benzene rings is 2. The summed E-state index contributed by atoms with van der Waals surface area (Å²) >= 11 is 6.04. The predicted molar refractivity (Wildman–Crippen MR) is 123 cm³/mol. The molecule has 6 heteroatoms. The van der Waals surface area contributed by atoms with Gasteiger partial charge in [-0.15, -0.1) is 0 Å². The average Bonchev–Trinajstić information content (AvgIpc) is 3.22. The average molecular weight is 438 g/mol. The van der Waals surface area contributed by atoms with E-state index in [1.165, 1.54) is 0 Å². The number of nitrogens with zero attached hydrogens (tertiary/aromatic N) is 3. The summed E-state index contributed by atoms with van der Waals surface area (Å²) in [6.07, 6.45) is 2.16. The first-order chi connectivity index (χ1) is 15.0. The summed E-state index contributed by atoms with van der Waals surface area (Å²) < 4.78 is 1.96. The third-order valence-corrected chi connectivity index (χ3v) is 6.23. The maximum atomic E-state index is 12.7. The number of aliphatic hydroxyl groups is 1. The van der Waals surface area contributed by atoms with Gasteiger partial charge in [-0.1, -0.05) is 73.8 Å². The molecule has 162 valence electrons. The van der Waals surface area contributed by atoms with Crippen LogP contribution in [0.4, 0.5) is 0 Å². The molecule has 31 heavy (non-hydrogen) atoms. The summed E-state index contributed by atoms with van der Waals surface area (Å²) in [6, 6.07) is 18.8. The van der Waals surface area contributed by atoms with Crippen LogP contribution in [0.3, 0.4) is 0 Å². The lowest BCUT2D eigenvalue weighted by molar-refractivity contribution is -0.131. The maximum Gasteiger partial charge on any atom is 0.151 e. The quantitative estimate of drug-likeness (QED) is 0.524. The van der Waals surface area contributed by atoms with Crippen molar-refractivity contribution in [1.29, 1.82) is 0 Å². The van der Waals surface area contributed by atoms with E-state index in [2.05, 4.69) is 6.92 Å². The monoisotopic (exact) mass is 437 g/mol. The molecule has 0 bridgehead atoms. The SMILES string of the molecule is CCCCC1CN(C(C(C)=O)c2ccccc2)C(O)c2cc(-c3ccc(Cl)cc3)nn21. The first kappa shape index (κ1) is 21.8. The minimum Gasteiger partial charge on any atom is -0.372 e. The molecule has 1 aromatic heterocycles. The smallest absolute Gasteiger partial charge is 0.151 e. The van der Waals surface area contributed by atoms with Crippen molar-refractivity contribution in [3.63, 3.8) is 0 Å². The first-order valence-corrected chi connectivity index (χ1v) is 11.2. The van der Waals surface area contributed by atoms with Gasteiger partial charge in [0.2, 0.25) is 0 Å². The molecule has 3 aromatic rings. The van der Waals surface area contributed by atoms with E-state index < -0.39 is 12.3 Å². The molecule has 0 saturated heterocycles. The van der Waals surface area contributed by atoms with Gasteiger partial charge in [-0.2, -0.15) is 5.10 Å². The second-order valence-corrected chi connectivity index (χ2v) is 8.63. The summed E-state index contributed by atoms with van der Waals surface area (Å²) in [4.78, 5) is 14.6. The minimum absolute atomic E-state index is 0.0189. The van der Waals surface area contributed by atoms with Crippen molar-refractivity contribution in [2.24, 2.45) is 0 Å². The predicted octanol–water partition coefficient (Wildman–Crippen LogP) is 5.57. The Kier molecular flexibility index (Phi) is 6.56. The third-order valence-electron chi connectivity index (χ3n) is 5.97. The van der Waals surface area contributed by atoms with Gasteiger partial charge >= 0.3 is 0 Å². The van der Waals surface area contributed by atoms with Gasteiger partial charge in [0.05, 0.1) is 23.5 Å². The largest absolute Gasteiger partial charge is 0.372 e. The summed E-state index contributed by atoms with van der Waals surface area (Å²) in [5, 5.41) is 16.9. The summed E-state index contributed by atoms with van der Waals surface area (Å²) in [5.41, 5.74) is 3.37. The van der Waals surface area contributed by atoms with Crippen molar-refractivity contribution in [2.45, 2.75) is 51.4 Å². The van der Waals surface area contributed by atoms with E-state index in [4.69, 9.17) is 16.7 Å². The molecule has 5 nitrogen and oxygen atoms in total. The number of rotatable bonds is 7. The fourth-order valence-corrected chi connectivity index (χ4v) is 4.57. The van der Waals surface area contributed by atoms with Crippen LogP contribution in [0.5, 0.6) is 0 Å². The number of unbranched alkanes of at least 4 members (excludes halogenated alkanes) is 1. The number of carbonyl (C=O) groups is 1. The highest BCUT2D eigenvalue weighted by molar-refractivity contribution is 6.30. The molecule has 1 aliphatic rings. The lowest BCUT2D eigenvalue weighted by atomic mass is 9.97. The highest BCUT2D eigenvalue weighted by Crippen LogP contribution is 2.39. The van der Waals surface area contributed by atoms with E-state index >= 15 is 0 Å². The minimum atomic E-state index is -0.916. The Morgan fingerprint density at radius 2 is 1.90 bits per heavy atom. The fourth-order valence-electron chi connectivity index (χ4n) is 4.44. The Labute approximate surface area is 188 Å². The van der Waals surface area contributed by atoms with Crippen molar-refractivity contribution in [3.8, 4) is 11.3 Å². The van der Waals surface area contributed by atoms with Crippen molar-refractivity contribution in [1.82, 2.24) is 14.7 Å². The van der Waals surface area contributed by atoms with Crippen LogP contribution in [0.15, 0.2) is 60.7 Å². The Hall–Kier alpha value is -2.47. The third kappa shape index (κ3) is 4.45. The van der Waals surface area contributed by atoms with Gasteiger partial charge in [-0.05, 0) is 37.1 Å². The number of aromatic nitrogens is 2. The lowest BCUT2D eigenvalue weighted by Gasteiger charge is -2.41. The van der Waals surface area contributed by atoms with Gasteiger partial charge in [-0.3, -0.25) is 14.4 Å². The summed E-state index contributed by atoms with van der Waals surface area (Å²) in [7, 11) is 0. The number of hydrogen-bond donors (Lipinski definition) is 1. The number of aliphatic hydroxyl groups excluding tert-OH is 1. The molecule has 1 N–H and O–H groups in total. The molecule has 1 aliphatic heterocycles. The van der Waals surface area contributed by atoms with Crippen LogP contribution < -0.4 is 0 Å². The first-order valence-electron chi connectivity index (χ1n) is 10.8. The van der Waals surface area contributed by atoms with Gasteiger partial charge in [0.15, 0.2) is 12.0 Å². The lowest BCUT2D eigenvalue weighted by Crippen LogP contribution is -2.45. The zero-order valence-electron chi connectivity index (χ0n) is 17.9. The number of ketones is 1. The molecule has 0 aliphatic carbocycles. The zero-order chi connectivity index (χ0) is 22.0. The van der Waals surface area contributed by atoms with Crippen LogP contribution in [0.2, 0.25) is 5.02 Å². The van der Waals surface area contributed by atoms with Gasteiger partial charge in [0, 0.05) is 17.1 Å². The van der Waals surface area contributed by atoms with Crippen LogP contribution in [-0.4, -0.2) is 32.1 Å². The zero-order valence-corrected chi connectivity index (χ0v) is 18.7. The Morgan fingerprint density at radius 3 is 2.55 bits per heavy atom. The van der Waals surface area contributed by atoms with E-state index in [1.54, 1.807) is 6.92 Å². The normalized spacial score (nSPS) is 19.7. The molecule has 0 saturated carbocycles. The number of hydrogen-bond acceptors (Lipinski definition) is 4. The van der Waals surface area contributed by atoms with E-state index in [1.807, 2.05) is 70.2 Å². The van der Waals surface area contributed by atoms with E-state index in [-0.39, 0.29) is 11.8 Å². The van der Waals surface area contributed by atoms with Gasteiger partial charge < -0.3 is 5.11 Å². The molecule has 0 fully saturated rings. The maximum absolute atomic E-state index is 12.7. The van der Waals surface area contributed by atoms with Crippen LogP contribution >= 0.6 is 11.6 Å². The second kappa shape index (κ2) is 9.35. The van der Waals surface area contributed by atoms with E-state index in [0.29, 0.717) is 11.6 Å². The number of carbonyl (C=O) groups excluding carboxylic acids is 1. The Bertz CT molecular complexity index is 1030. The topological polar surface area (TPSA) is 58.4 Å². The molecule has 2 heterocycles. The molecule has 4 rings (SSSR count). The van der Waals surface area contributed by atoms with Gasteiger partial charge in [-0.25, -0.2) is 0 Å². The van der Waals surface area contributed by atoms with E-state index in [0.717, 1.165) is 41.8 Å². The molecule has 2 aromatic carbocycles. The van der Waals surface area contributed by atoms with Gasteiger partial charge in [0.25, 0.3) is 0 Å². The molecule has 3 unspecified atom stereocenters. The number of Topliss-reactive ketones (excluding diaryl/α,β-unsaturated/α-hetero) is 1. The van der Waals surface area contributed by atoms with Crippen LogP contribution in [0.1, 0.15) is 62.7 Å². The highest BCUT2D eigenvalue weighted by atomic mass is 35.5. The van der Waals surface area contributed by atoms with Crippen LogP contribution in [0, 0.1) is 0 Å².